The molecule has 0 aromatic carbocycles. The summed E-state index contributed by atoms with van der Waals surface area (Å²) >= 11 is 0. The molecule has 1 aliphatic heterocycles. The minimum absolute atomic E-state index is 0.00660. The van der Waals surface area contributed by atoms with Crippen LogP contribution in [0.25, 0.3) is 0 Å². The lowest BCUT2D eigenvalue weighted by atomic mass is 10.1. The Labute approximate surface area is 71.9 Å². The van der Waals surface area contributed by atoms with Crippen LogP contribution in [0, 0.1) is 0 Å². The number of halogens is 2. The Morgan fingerprint density at radius 1 is 1.75 bits per heavy atom. The van der Waals surface area contributed by atoms with Gasteiger partial charge in [-0.2, -0.15) is 0 Å². The average Bonchev–Trinajstić information content (AvgIpc) is 2.29. The van der Waals surface area contributed by atoms with Crippen molar-refractivity contribution in [3.63, 3.8) is 0 Å². The van der Waals surface area contributed by atoms with Crippen LogP contribution in [0.3, 0.4) is 0 Å². The van der Waals surface area contributed by atoms with Crippen LogP contribution < -0.4 is 0 Å². The number of nitrogens with zero attached hydrogens (tertiary/aromatic N) is 1. The Bertz CT molecular complexity index is 207. The van der Waals surface area contributed by atoms with Crippen molar-refractivity contribution in [1.82, 2.24) is 4.90 Å². The van der Waals surface area contributed by atoms with Crippen molar-refractivity contribution in [2.75, 3.05) is 13.1 Å². The molecular formula is C8H13F2NO. The lowest BCUT2D eigenvalue weighted by Crippen LogP contribution is -2.41. The lowest BCUT2D eigenvalue weighted by molar-refractivity contribution is -0.140. The van der Waals surface area contributed by atoms with Crippen LogP contribution in [0.1, 0.15) is 21.6 Å². The molecule has 1 fully saturated rings. The highest BCUT2D eigenvalue weighted by Gasteiger charge is 2.35. The van der Waals surface area contributed by atoms with E-state index in [4.69, 9.17) is 1.37 Å². The van der Waals surface area contributed by atoms with Crippen LogP contribution in [0.2, 0.25) is 0 Å². The standard InChI is InChI=1S/C8H13F2NO/c1-8(2,10)7(12)11-4-3-6(9)5-11/h6H,3-5H2,1-2H3/t6-/m0/s1/i3D/t3-,6+/m1. The molecular weight excluding hydrogens is 164 g/mol. The Balaban J connectivity index is 2.61. The normalized spacial score (nSPS) is 32.0. The summed E-state index contributed by atoms with van der Waals surface area (Å²) < 4.78 is 33.1. The van der Waals surface area contributed by atoms with Gasteiger partial charge >= 0.3 is 0 Å². The quantitative estimate of drug-likeness (QED) is 0.592. The van der Waals surface area contributed by atoms with Gasteiger partial charge in [0.25, 0.3) is 5.91 Å². The van der Waals surface area contributed by atoms with Crippen LogP contribution in [0.4, 0.5) is 8.78 Å². The number of amides is 1. The topological polar surface area (TPSA) is 20.3 Å². The molecule has 1 saturated heterocycles. The first kappa shape index (κ1) is 7.95. The van der Waals surface area contributed by atoms with E-state index in [9.17, 15) is 13.6 Å². The van der Waals surface area contributed by atoms with Gasteiger partial charge in [0.1, 0.15) is 6.17 Å². The summed E-state index contributed by atoms with van der Waals surface area (Å²) in [6.07, 6.45) is -2.27. The van der Waals surface area contributed by atoms with Gasteiger partial charge in [-0.3, -0.25) is 4.79 Å². The van der Waals surface area contributed by atoms with E-state index in [-0.39, 0.29) is 13.1 Å². The number of hydrogen-bond donors (Lipinski definition) is 0. The molecule has 0 bridgehead atoms. The maximum Gasteiger partial charge on any atom is 0.259 e. The Kier molecular flexibility index (Phi) is 1.98. The molecule has 70 valence electrons. The molecule has 0 radical (unpaired) electrons. The van der Waals surface area contributed by atoms with Crippen molar-refractivity contribution in [2.24, 2.45) is 0 Å². The zero-order chi connectivity index (χ0) is 10.2. The molecule has 0 aliphatic carbocycles. The minimum Gasteiger partial charge on any atom is -0.337 e. The van der Waals surface area contributed by atoms with Crippen molar-refractivity contribution < 1.29 is 14.9 Å². The van der Waals surface area contributed by atoms with Gasteiger partial charge in [-0.25, -0.2) is 8.78 Å². The van der Waals surface area contributed by atoms with Gasteiger partial charge in [-0.15, -0.1) is 0 Å². The summed E-state index contributed by atoms with van der Waals surface area (Å²) in [5.74, 6) is -0.732. The second kappa shape index (κ2) is 2.99. The first-order valence-electron chi connectivity index (χ1n) is 4.44. The Morgan fingerprint density at radius 3 is 2.67 bits per heavy atom. The van der Waals surface area contributed by atoms with Gasteiger partial charge in [0.15, 0.2) is 5.67 Å². The Hall–Kier alpha value is -0.670. The van der Waals surface area contributed by atoms with Crippen molar-refractivity contribution in [3.8, 4) is 0 Å². The first-order chi connectivity index (χ1) is 5.82. The molecule has 0 aromatic heterocycles. The summed E-state index contributed by atoms with van der Waals surface area (Å²) in [5.41, 5.74) is -1.97. The van der Waals surface area contributed by atoms with Gasteiger partial charge in [0, 0.05) is 7.92 Å². The number of hydrogen-bond acceptors (Lipinski definition) is 1. The highest BCUT2D eigenvalue weighted by molar-refractivity contribution is 5.84. The third-order valence-electron chi connectivity index (χ3n) is 1.77. The van der Waals surface area contributed by atoms with Crippen molar-refractivity contribution >= 4 is 5.91 Å². The molecule has 0 spiro atoms. The maximum atomic E-state index is 13.1. The fraction of sp³-hybridized carbons (Fsp3) is 0.875. The van der Waals surface area contributed by atoms with Crippen LogP contribution in [0.15, 0.2) is 0 Å². The van der Waals surface area contributed by atoms with Crippen LogP contribution in [-0.4, -0.2) is 35.7 Å². The average molecular weight is 178 g/mol. The summed E-state index contributed by atoms with van der Waals surface area (Å²) in [6, 6.07) is 0. The molecule has 0 aromatic rings. The van der Waals surface area contributed by atoms with E-state index in [0.717, 1.165) is 18.7 Å². The van der Waals surface area contributed by atoms with E-state index >= 15 is 0 Å². The van der Waals surface area contributed by atoms with Crippen LogP contribution in [0.5, 0.6) is 0 Å². The molecule has 0 unspecified atom stereocenters. The van der Waals surface area contributed by atoms with Crippen LogP contribution in [-0.2, 0) is 4.79 Å². The second-order valence-electron chi connectivity index (χ2n) is 3.43. The summed E-state index contributed by atoms with van der Waals surface area (Å²) in [4.78, 5) is 12.3. The van der Waals surface area contributed by atoms with E-state index in [2.05, 4.69) is 0 Å². The fourth-order valence-electron chi connectivity index (χ4n) is 1.14. The maximum absolute atomic E-state index is 13.1. The first-order valence-corrected chi connectivity index (χ1v) is 3.87. The molecule has 0 saturated carbocycles. The van der Waals surface area contributed by atoms with Crippen LogP contribution >= 0.6 is 0 Å². The van der Waals surface area contributed by atoms with E-state index < -0.39 is 24.1 Å². The lowest BCUT2D eigenvalue weighted by Gasteiger charge is -2.21. The van der Waals surface area contributed by atoms with Gasteiger partial charge in [0.2, 0.25) is 0 Å². The van der Waals surface area contributed by atoms with E-state index in [1.54, 1.807) is 0 Å². The highest BCUT2D eigenvalue weighted by Crippen LogP contribution is 2.19. The number of carbonyl (C=O) groups excluding carboxylic acids is 1. The molecule has 2 atom stereocenters. The Morgan fingerprint density at radius 2 is 2.33 bits per heavy atom. The largest absolute Gasteiger partial charge is 0.337 e. The summed E-state index contributed by atoms with van der Waals surface area (Å²) in [5, 5.41) is 0. The monoisotopic (exact) mass is 178 g/mol. The summed E-state index contributed by atoms with van der Waals surface area (Å²) in [6.45, 7) is 2.12. The number of rotatable bonds is 1. The molecule has 1 heterocycles. The molecule has 1 amide bonds. The van der Waals surface area contributed by atoms with E-state index in [1.807, 2.05) is 0 Å². The van der Waals surface area contributed by atoms with Gasteiger partial charge in [-0.05, 0) is 20.2 Å². The third kappa shape index (κ3) is 1.93. The molecule has 4 heteroatoms. The molecule has 12 heavy (non-hydrogen) atoms. The number of likely N-dealkylation sites (tertiary alicyclic amines) is 1. The van der Waals surface area contributed by atoms with Crippen molar-refractivity contribution in [2.45, 2.75) is 32.1 Å². The zero-order valence-electron chi connectivity index (χ0n) is 8.18. The van der Waals surface area contributed by atoms with Gasteiger partial charge in [-0.1, -0.05) is 0 Å². The van der Waals surface area contributed by atoms with E-state index in [0.29, 0.717) is 0 Å². The molecule has 2 nitrogen and oxygen atoms in total. The van der Waals surface area contributed by atoms with Gasteiger partial charge in [0.05, 0.1) is 6.54 Å². The molecule has 1 aliphatic rings. The predicted octanol–water partition coefficient (Wildman–Crippen LogP) is 1.30. The summed E-state index contributed by atoms with van der Waals surface area (Å²) in [7, 11) is 0. The predicted molar refractivity (Wildman–Crippen MR) is 41.3 cm³/mol. The number of carbonyl (C=O) groups is 1. The fourth-order valence-corrected chi connectivity index (χ4v) is 1.14. The van der Waals surface area contributed by atoms with Gasteiger partial charge < -0.3 is 4.90 Å². The SMILES string of the molecule is [2H][C@@H]1CN(C(=O)C(C)(C)F)C[C@H]1F. The third-order valence-corrected chi connectivity index (χ3v) is 1.77. The highest BCUT2D eigenvalue weighted by atomic mass is 19.1. The van der Waals surface area contributed by atoms with E-state index in [1.165, 1.54) is 0 Å². The smallest absolute Gasteiger partial charge is 0.259 e. The van der Waals surface area contributed by atoms with Crippen molar-refractivity contribution in [1.29, 1.82) is 0 Å². The molecule has 0 N–H and O–H groups in total. The second-order valence-corrected chi connectivity index (χ2v) is 3.43. The van der Waals surface area contributed by atoms with Crippen molar-refractivity contribution in [3.05, 3.63) is 0 Å². The molecule has 1 rings (SSSR count). The zero-order valence-corrected chi connectivity index (χ0v) is 7.18. The number of alkyl halides is 2. The minimum atomic E-state index is -1.97.